The number of nitrogens with one attached hydrogen (secondary N) is 1. The number of halogens is 1. The monoisotopic (exact) mass is 363 g/mol. The second kappa shape index (κ2) is 6.37. The lowest BCUT2D eigenvalue weighted by Gasteiger charge is -2.08. The number of fused-ring (bicyclic) bond motifs is 1. The number of hydrogen-bond acceptors (Lipinski definition) is 4. The Labute approximate surface area is 135 Å². The molecule has 1 unspecified atom stereocenters. The molecule has 0 fully saturated rings. The fraction of sp³-hybridized carbons (Fsp3) is 0.188. The van der Waals surface area contributed by atoms with Gasteiger partial charge in [-0.25, -0.2) is 0 Å². The van der Waals surface area contributed by atoms with Gasteiger partial charge in [0.05, 0.1) is 0 Å². The molecule has 1 amide bonds. The molecule has 2 N–H and O–H groups in total. The molecule has 1 aromatic carbocycles. The minimum absolute atomic E-state index is 0.227. The number of aliphatic hydroxyl groups excluding tert-OH is 1. The van der Waals surface area contributed by atoms with Crippen LogP contribution in [0.25, 0.3) is 11.0 Å². The van der Waals surface area contributed by atoms with Crippen molar-refractivity contribution in [3.8, 4) is 0 Å². The zero-order valence-corrected chi connectivity index (χ0v) is 13.2. The topological polar surface area (TPSA) is 75.6 Å². The molecule has 3 rings (SSSR count). The van der Waals surface area contributed by atoms with Gasteiger partial charge in [0.15, 0.2) is 10.4 Å². The predicted octanol–water partition coefficient (Wildman–Crippen LogP) is 3.64. The Bertz CT molecular complexity index is 759. The number of hydrogen-bond donors (Lipinski definition) is 2. The molecular weight excluding hydrogens is 350 g/mol. The second-order valence-corrected chi connectivity index (χ2v) is 5.63. The number of amides is 1. The minimum Gasteiger partial charge on any atom is -0.458 e. The summed E-state index contributed by atoms with van der Waals surface area (Å²) in [6, 6.07) is 12.6. The number of carbonyl (C=O) groups is 1. The first-order valence-corrected chi connectivity index (χ1v) is 7.63. The van der Waals surface area contributed by atoms with Crippen molar-refractivity contribution < 1.29 is 18.7 Å². The highest BCUT2D eigenvalue weighted by Crippen LogP contribution is 2.25. The summed E-state index contributed by atoms with van der Waals surface area (Å²) < 4.78 is 11.2. The van der Waals surface area contributed by atoms with Gasteiger partial charge in [-0.1, -0.05) is 18.2 Å². The summed E-state index contributed by atoms with van der Waals surface area (Å²) in [7, 11) is 0. The van der Waals surface area contributed by atoms with Gasteiger partial charge in [0.25, 0.3) is 5.91 Å². The molecule has 0 saturated carbocycles. The standard InChI is InChI=1S/C16H14BrNO4/c17-15-6-5-13(22-15)16(20)18-8-7-11(19)14-9-10-3-1-2-4-12(10)21-14/h1-6,9,11,19H,7-8H2,(H,18,20). The highest BCUT2D eigenvalue weighted by Gasteiger charge is 2.15. The fourth-order valence-electron chi connectivity index (χ4n) is 2.15. The van der Waals surface area contributed by atoms with Gasteiger partial charge in [-0.05, 0) is 46.6 Å². The Morgan fingerprint density at radius 2 is 2.05 bits per heavy atom. The molecule has 6 heteroatoms. The van der Waals surface area contributed by atoms with Gasteiger partial charge in [0.2, 0.25) is 0 Å². The van der Waals surface area contributed by atoms with Crippen molar-refractivity contribution in [1.29, 1.82) is 0 Å². The van der Waals surface area contributed by atoms with Crippen LogP contribution in [-0.2, 0) is 0 Å². The van der Waals surface area contributed by atoms with Crippen molar-refractivity contribution in [3.63, 3.8) is 0 Å². The third-order valence-electron chi connectivity index (χ3n) is 3.27. The van der Waals surface area contributed by atoms with Gasteiger partial charge in [-0.3, -0.25) is 4.79 Å². The molecule has 0 aliphatic heterocycles. The van der Waals surface area contributed by atoms with Crippen LogP contribution >= 0.6 is 15.9 Å². The number of furan rings is 2. The molecule has 0 spiro atoms. The molecule has 0 aliphatic rings. The van der Waals surface area contributed by atoms with E-state index in [0.29, 0.717) is 23.4 Å². The van der Waals surface area contributed by atoms with Crippen LogP contribution in [0.4, 0.5) is 0 Å². The highest BCUT2D eigenvalue weighted by atomic mass is 79.9. The van der Waals surface area contributed by atoms with Gasteiger partial charge >= 0.3 is 0 Å². The highest BCUT2D eigenvalue weighted by molar-refractivity contribution is 9.10. The Morgan fingerprint density at radius 3 is 2.77 bits per heavy atom. The number of aliphatic hydroxyl groups is 1. The fourth-order valence-corrected chi connectivity index (χ4v) is 2.46. The zero-order chi connectivity index (χ0) is 15.5. The average Bonchev–Trinajstić information content (AvgIpc) is 3.12. The Kier molecular flexibility index (Phi) is 4.31. The number of para-hydroxylation sites is 1. The SMILES string of the molecule is O=C(NCCC(O)c1cc2ccccc2o1)c1ccc(Br)o1. The summed E-state index contributed by atoms with van der Waals surface area (Å²) in [5.41, 5.74) is 0.737. The lowest BCUT2D eigenvalue weighted by Crippen LogP contribution is -2.25. The average molecular weight is 364 g/mol. The van der Waals surface area contributed by atoms with Crippen LogP contribution in [0.5, 0.6) is 0 Å². The number of rotatable bonds is 5. The summed E-state index contributed by atoms with van der Waals surface area (Å²) in [4.78, 5) is 11.8. The normalized spacial score (nSPS) is 12.5. The summed E-state index contributed by atoms with van der Waals surface area (Å²) in [6.07, 6.45) is -0.413. The van der Waals surface area contributed by atoms with Gasteiger partial charge in [0, 0.05) is 11.9 Å². The summed E-state index contributed by atoms with van der Waals surface area (Å²) in [5, 5.41) is 13.8. The zero-order valence-electron chi connectivity index (χ0n) is 11.6. The molecule has 0 bridgehead atoms. The quantitative estimate of drug-likeness (QED) is 0.725. The molecule has 3 aromatic rings. The van der Waals surface area contributed by atoms with E-state index < -0.39 is 6.10 Å². The van der Waals surface area contributed by atoms with Gasteiger partial charge in [-0.2, -0.15) is 0 Å². The van der Waals surface area contributed by atoms with Gasteiger partial charge < -0.3 is 19.3 Å². The van der Waals surface area contributed by atoms with Gasteiger partial charge in [-0.15, -0.1) is 0 Å². The Morgan fingerprint density at radius 1 is 1.23 bits per heavy atom. The van der Waals surface area contributed by atoms with Crippen LogP contribution in [0.15, 0.2) is 56.0 Å². The molecule has 0 saturated heterocycles. The molecule has 114 valence electrons. The van der Waals surface area contributed by atoms with E-state index in [1.54, 1.807) is 12.1 Å². The van der Waals surface area contributed by atoms with Crippen molar-refractivity contribution in [2.75, 3.05) is 6.54 Å². The van der Waals surface area contributed by atoms with E-state index in [1.807, 2.05) is 30.3 Å². The summed E-state index contributed by atoms with van der Waals surface area (Å²) in [6.45, 7) is 0.315. The maximum atomic E-state index is 11.8. The first-order valence-electron chi connectivity index (χ1n) is 6.83. The van der Waals surface area contributed by atoms with Crippen LogP contribution in [0.1, 0.15) is 28.8 Å². The first-order chi connectivity index (χ1) is 10.6. The summed E-state index contributed by atoms with van der Waals surface area (Å²) in [5.74, 6) is 0.406. The minimum atomic E-state index is -0.768. The van der Waals surface area contributed by atoms with Crippen LogP contribution in [-0.4, -0.2) is 17.6 Å². The largest absolute Gasteiger partial charge is 0.458 e. The number of carbonyl (C=O) groups excluding carboxylic acids is 1. The molecule has 2 aromatic heterocycles. The van der Waals surface area contributed by atoms with E-state index in [-0.39, 0.29) is 11.7 Å². The third kappa shape index (κ3) is 3.23. The van der Waals surface area contributed by atoms with E-state index in [0.717, 1.165) is 11.0 Å². The molecule has 0 aliphatic carbocycles. The molecule has 22 heavy (non-hydrogen) atoms. The first kappa shape index (κ1) is 14.9. The van der Waals surface area contributed by atoms with E-state index in [2.05, 4.69) is 21.2 Å². The van der Waals surface area contributed by atoms with E-state index >= 15 is 0 Å². The van der Waals surface area contributed by atoms with Crippen molar-refractivity contribution in [1.82, 2.24) is 5.32 Å². The molecule has 0 radical (unpaired) electrons. The van der Waals surface area contributed by atoms with E-state index in [1.165, 1.54) is 0 Å². The molecule has 1 atom stereocenters. The van der Waals surface area contributed by atoms with Crippen LogP contribution in [0.3, 0.4) is 0 Å². The lowest BCUT2D eigenvalue weighted by atomic mass is 10.2. The van der Waals surface area contributed by atoms with Crippen molar-refractivity contribution >= 4 is 32.8 Å². The Hall–Kier alpha value is -2.05. The van der Waals surface area contributed by atoms with Gasteiger partial charge in [0.1, 0.15) is 17.4 Å². The smallest absolute Gasteiger partial charge is 0.287 e. The van der Waals surface area contributed by atoms with E-state index in [9.17, 15) is 9.90 Å². The summed E-state index contributed by atoms with van der Waals surface area (Å²) >= 11 is 3.14. The van der Waals surface area contributed by atoms with Crippen molar-refractivity contribution in [3.05, 3.63) is 58.7 Å². The second-order valence-electron chi connectivity index (χ2n) is 4.85. The van der Waals surface area contributed by atoms with Crippen molar-refractivity contribution in [2.45, 2.75) is 12.5 Å². The van der Waals surface area contributed by atoms with Crippen LogP contribution in [0, 0.1) is 0 Å². The maximum absolute atomic E-state index is 11.8. The number of benzene rings is 1. The molecule has 5 nitrogen and oxygen atoms in total. The third-order valence-corrected chi connectivity index (χ3v) is 3.70. The molecular formula is C16H14BrNO4. The Balaban J connectivity index is 1.55. The maximum Gasteiger partial charge on any atom is 0.287 e. The predicted molar refractivity (Wildman–Crippen MR) is 84.5 cm³/mol. The molecule has 2 heterocycles. The van der Waals surface area contributed by atoms with Crippen molar-refractivity contribution in [2.24, 2.45) is 0 Å². The van der Waals surface area contributed by atoms with Crippen LogP contribution in [0.2, 0.25) is 0 Å². The van der Waals surface area contributed by atoms with E-state index in [4.69, 9.17) is 8.83 Å². The lowest BCUT2D eigenvalue weighted by molar-refractivity contribution is 0.0908. The van der Waals surface area contributed by atoms with Crippen LogP contribution < -0.4 is 5.32 Å².